The molecule has 22 heavy (non-hydrogen) atoms. The van der Waals surface area contributed by atoms with Gasteiger partial charge in [0.2, 0.25) is 0 Å². The van der Waals surface area contributed by atoms with Crippen molar-refractivity contribution >= 4 is 0 Å². The number of hydrogen-bond donors (Lipinski definition) is 1. The quantitative estimate of drug-likeness (QED) is 0.926. The van der Waals surface area contributed by atoms with E-state index in [0.29, 0.717) is 5.69 Å². The molecule has 0 amide bonds. The third-order valence-electron chi connectivity index (χ3n) is 4.40. The Balaban J connectivity index is 1.82. The summed E-state index contributed by atoms with van der Waals surface area (Å²) in [5.41, 5.74) is 4.01. The summed E-state index contributed by atoms with van der Waals surface area (Å²) in [4.78, 5) is 7.15. The highest BCUT2D eigenvalue weighted by molar-refractivity contribution is 5.66. The SMILES string of the molecule is CCc1ccc(-c2nc(CN3CCCCC3)ccc2O)cc1. The third kappa shape index (κ3) is 3.47. The Kier molecular flexibility index (Phi) is 4.74. The van der Waals surface area contributed by atoms with Gasteiger partial charge in [-0.15, -0.1) is 0 Å². The van der Waals surface area contributed by atoms with Crippen LogP contribution in [0.15, 0.2) is 36.4 Å². The van der Waals surface area contributed by atoms with Gasteiger partial charge in [0, 0.05) is 12.1 Å². The number of hydrogen-bond acceptors (Lipinski definition) is 3. The summed E-state index contributed by atoms with van der Waals surface area (Å²) >= 11 is 0. The zero-order valence-corrected chi connectivity index (χ0v) is 13.3. The molecule has 0 unspecified atom stereocenters. The lowest BCUT2D eigenvalue weighted by molar-refractivity contribution is 0.218. The lowest BCUT2D eigenvalue weighted by atomic mass is 10.1. The average molecular weight is 296 g/mol. The number of nitrogens with zero attached hydrogens (tertiary/aromatic N) is 2. The largest absolute Gasteiger partial charge is 0.506 e. The van der Waals surface area contributed by atoms with Gasteiger partial charge < -0.3 is 5.11 Å². The predicted octanol–water partition coefficient (Wildman–Crippen LogP) is 4.00. The van der Waals surface area contributed by atoms with Crippen LogP contribution in [0.3, 0.4) is 0 Å². The van der Waals surface area contributed by atoms with E-state index in [9.17, 15) is 5.11 Å². The number of rotatable bonds is 4. The van der Waals surface area contributed by atoms with Gasteiger partial charge in [0.25, 0.3) is 0 Å². The van der Waals surface area contributed by atoms with Crippen molar-refractivity contribution in [1.29, 1.82) is 0 Å². The number of benzene rings is 1. The standard InChI is InChI=1S/C19H24N2O/c1-2-15-6-8-16(9-7-15)19-18(22)11-10-17(20-19)14-21-12-4-3-5-13-21/h6-11,22H,2-5,12-14H2,1H3. The molecular formula is C19H24N2O. The van der Waals surface area contributed by atoms with Crippen LogP contribution in [-0.4, -0.2) is 28.1 Å². The maximum absolute atomic E-state index is 10.1. The normalized spacial score (nSPS) is 15.9. The van der Waals surface area contributed by atoms with Gasteiger partial charge in [-0.1, -0.05) is 37.6 Å². The van der Waals surface area contributed by atoms with Crippen LogP contribution in [-0.2, 0) is 13.0 Å². The van der Waals surface area contributed by atoms with Crippen LogP contribution in [0.1, 0.15) is 37.4 Å². The summed E-state index contributed by atoms with van der Waals surface area (Å²) < 4.78 is 0. The van der Waals surface area contributed by atoms with Crippen molar-refractivity contribution in [2.24, 2.45) is 0 Å². The molecule has 0 spiro atoms. The number of pyridine rings is 1. The maximum atomic E-state index is 10.1. The molecule has 1 aliphatic rings. The molecule has 2 aromatic rings. The monoisotopic (exact) mass is 296 g/mol. The fraction of sp³-hybridized carbons (Fsp3) is 0.421. The molecule has 1 fully saturated rings. The van der Waals surface area contributed by atoms with Crippen molar-refractivity contribution in [3.63, 3.8) is 0 Å². The zero-order chi connectivity index (χ0) is 15.4. The van der Waals surface area contributed by atoms with Gasteiger partial charge in [0.15, 0.2) is 0 Å². The molecule has 0 saturated carbocycles. The molecule has 3 heteroatoms. The number of aryl methyl sites for hydroxylation is 1. The first-order chi connectivity index (χ1) is 10.8. The van der Waals surface area contributed by atoms with Crippen molar-refractivity contribution in [2.45, 2.75) is 39.2 Å². The van der Waals surface area contributed by atoms with E-state index in [1.54, 1.807) is 6.07 Å². The van der Waals surface area contributed by atoms with Crippen LogP contribution >= 0.6 is 0 Å². The van der Waals surface area contributed by atoms with E-state index in [1.807, 2.05) is 18.2 Å². The van der Waals surface area contributed by atoms with Crippen molar-refractivity contribution in [1.82, 2.24) is 9.88 Å². The van der Waals surface area contributed by atoms with E-state index in [0.717, 1.165) is 37.3 Å². The summed E-state index contributed by atoms with van der Waals surface area (Å²) in [6, 6.07) is 12.0. The Bertz CT molecular complexity index is 616. The molecule has 0 aliphatic carbocycles. The first-order valence-electron chi connectivity index (χ1n) is 8.27. The Labute approximate surface area is 132 Å². The highest BCUT2D eigenvalue weighted by Crippen LogP contribution is 2.28. The van der Waals surface area contributed by atoms with Crippen LogP contribution in [0.5, 0.6) is 5.75 Å². The van der Waals surface area contributed by atoms with E-state index in [-0.39, 0.29) is 5.75 Å². The highest BCUT2D eigenvalue weighted by atomic mass is 16.3. The minimum absolute atomic E-state index is 0.256. The molecular weight excluding hydrogens is 272 g/mol. The second-order valence-corrected chi connectivity index (χ2v) is 6.06. The number of aromatic nitrogens is 1. The molecule has 1 aromatic heterocycles. The molecule has 116 valence electrons. The van der Waals surface area contributed by atoms with Gasteiger partial charge in [-0.3, -0.25) is 4.90 Å². The fourth-order valence-electron chi connectivity index (χ4n) is 3.04. The average Bonchev–Trinajstić information content (AvgIpc) is 2.58. The molecule has 3 rings (SSSR count). The summed E-state index contributed by atoms with van der Waals surface area (Å²) in [6.07, 6.45) is 4.93. The predicted molar refractivity (Wildman–Crippen MR) is 89.8 cm³/mol. The van der Waals surface area contributed by atoms with Gasteiger partial charge in [-0.25, -0.2) is 4.98 Å². The smallest absolute Gasteiger partial charge is 0.141 e. The van der Waals surface area contributed by atoms with Crippen LogP contribution in [0.2, 0.25) is 0 Å². The third-order valence-corrected chi connectivity index (χ3v) is 4.40. The van der Waals surface area contributed by atoms with Crippen LogP contribution in [0, 0.1) is 0 Å². The Morgan fingerprint density at radius 1 is 1.00 bits per heavy atom. The molecule has 0 atom stereocenters. The first kappa shape index (κ1) is 15.0. The van der Waals surface area contributed by atoms with Crippen molar-refractivity contribution in [3.05, 3.63) is 47.7 Å². The number of likely N-dealkylation sites (tertiary alicyclic amines) is 1. The summed E-state index contributed by atoms with van der Waals surface area (Å²) in [5.74, 6) is 0.256. The minimum atomic E-state index is 0.256. The number of aromatic hydroxyl groups is 1. The zero-order valence-electron chi connectivity index (χ0n) is 13.3. The van der Waals surface area contributed by atoms with E-state index in [4.69, 9.17) is 4.98 Å². The van der Waals surface area contributed by atoms with Gasteiger partial charge in [0.05, 0.1) is 5.69 Å². The summed E-state index contributed by atoms with van der Waals surface area (Å²) in [5, 5.41) is 10.1. The van der Waals surface area contributed by atoms with Gasteiger partial charge in [-0.2, -0.15) is 0 Å². The maximum Gasteiger partial charge on any atom is 0.141 e. The molecule has 0 bridgehead atoms. The van der Waals surface area contributed by atoms with Gasteiger partial charge in [-0.05, 0) is 50.0 Å². The van der Waals surface area contributed by atoms with Crippen LogP contribution in [0.25, 0.3) is 11.3 Å². The Hall–Kier alpha value is -1.87. The van der Waals surface area contributed by atoms with Crippen molar-refractivity contribution in [3.8, 4) is 17.0 Å². The molecule has 0 radical (unpaired) electrons. The summed E-state index contributed by atoms with van der Waals surface area (Å²) in [6.45, 7) is 5.33. The lowest BCUT2D eigenvalue weighted by Crippen LogP contribution is -2.29. The second kappa shape index (κ2) is 6.93. The molecule has 1 aliphatic heterocycles. The molecule has 1 N–H and O–H groups in total. The topological polar surface area (TPSA) is 36.4 Å². The van der Waals surface area contributed by atoms with E-state index in [1.165, 1.54) is 24.8 Å². The first-order valence-corrected chi connectivity index (χ1v) is 8.27. The Morgan fingerprint density at radius 3 is 2.41 bits per heavy atom. The van der Waals surface area contributed by atoms with Gasteiger partial charge >= 0.3 is 0 Å². The minimum Gasteiger partial charge on any atom is -0.506 e. The van der Waals surface area contributed by atoms with Gasteiger partial charge in [0.1, 0.15) is 11.4 Å². The molecule has 3 nitrogen and oxygen atoms in total. The van der Waals surface area contributed by atoms with Crippen molar-refractivity contribution < 1.29 is 5.11 Å². The Morgan fingerprint density at radius 2 is 1.73 bits per heavy atom. The summed E-state index contributed by atoms with van der Waals surface area (Å²) in [7, 11) is 0. The van der Waals surface area contributed by atoms with E-state index >= 15 is 0 Å². The fourth-order valence-corrected chi connectivity index (χ4v) is 3.04. The molecule has 1 saturated heterocycles. The molecule has 1 aromatic carbocycles. The second-order valence-electron chi connectivity index (χ2n) is 6.06. The van der Waals surface area contributed by atoms with Crippen LogP contribution < -0.4 is 0 Å². The van der Waals surface area contributed by atoms with E-state index in [2.05, 4.69) is 24.0 Å². The molecule has 2 heterocycles. The van der Waals surface area contributed by atoms with Crippen molar-refractivity contribution in [2.75, 3.05) is 13.1 Å². The highest BCUT2D eigenvalue weighted by Gasteiger charge is 2.13. The number of piperidine rings is 1. The van der Waals surface area contributed by atoms with E-state index < -0.39 is 0 Å². The lowest BCUT2D eigenvalue weighted by Gasteiger charge is -2.26. The van der Waals surface area contributed by atoms with Crippen LogP contribution in [0.4, 0.5) is 0 Å².